The first-order chi connectivity index (χ1) is 11.7. The molecule has 5 heteroatoms. The van der Waals surface area contributed by atoms with Gasteiger partial charge >= 0.3 is 0 Å². The van der Waals surface area contributed by atoms with Crippen LogP contribution in [0.4, 0.5) is 11.6 Å². The van der Waals surface area contributed by atoms with E-state index >= 15 is 0 Å². The monoisotopic (exact) mass is 325 g/mol. The van der Waals surface area contributed by atoms with Crippen LogP contribution >= 0.6 is 0 Å². The van der Waals surface area contributed by atoms with Crippen LogP contribution in [0.5, 0.6) is 0 Å². The van der Waals surface area contributed by atoms with Gasteiger partial charge in [0.1, 0.15) is 0 Å². The van der Waals surface area contributed by atoms with E-state index in [0.29, 0.717) is 6.04 Å². The average Bonchev–Trinajstić information content (AvgIpc) is 3.26. The Morgan fingerprint density at radius 3 is 2.42 bits per heavy atom. The number of aromatic nitrogens is 2. The highest BCUT2D eigenvalue weighted by Crippen LogP contribution is 2.35. The highest BCUT2D eigenvalue weighted by molar-refractivity contribution is 5.80. The number of nitrogens with one attached hydrogen (secondary N) is 1. The number of nitrogens with zero attached hydrogens (tertiary/aromatic N) is 4. The van der Waals surface area contributed by atoms with Crippen molar-refractivity contribution in [3.8, 4) is 0 Å². The first-order valence-electron chi connectivity index (χ1n) is 9.14. The quantitative estimate of drug-likeness (QED) is 0.884. The van der Waals surface area contributed by atoms with Crippen LogP contribution in [-0.2, 0) is 0 Å². The number of benzene rings is 1. The normalized spacial score (nSPS) is 19.2. The van der Waals surface area contributed by atoms with Gasteiger partial charge in [-0.25, -0.2) is 9.97 Å². The molecule has 1 aromatic heterocycles. The summed E-state index contributed by atoms with van der Waals surface area (Å²) in [6, 6.07) is 8.74. The molecule has 2 aromatic rings. The first kappa shape index (κ1) is 15.6. The van der Waals surface area contributed by atoms with Gasteiger partial charge in [-0.15, -0.1) is 0 Å². The van der Waals surface area contributed by atoms with E-state index in [4.69, 9.17) is 9.97 Å². The summed E-state index contributed by atoms with van der Waals surface area (Å²) in [5.74, 6) is 2.80. The minimum absolute atomic E-state index is 0.574. The molecule has 1 atom stereocenters. The van der Waals surface area contributed by atoms with Crippen LogP contribution in [0.25, 0.3) is 11.0 Å². The third kappa shape index (κ3) is 3.18. The Morgan fingerprint density at radius 2 is 1.79 bits per heavy atom. The molecular formula is C19H27N5. The Bertz CT molecular complexity index is 702. The van der Waals surface area contributed by atoms with E-state index < -0.39 is 0 Å². The SMILES string of the molecule is CN(C)C(CNc1nc2ccccc2nc1N1CCCC1)C1CC1. The maximum Gasteiger partial charge on any atom is 0.172 e. The molecule has 0 spiro atoms. The molecule has 4 rings (SSSR count). The molecule has 0 radical (unpaired) electrons. The van der Waals surface area contributed by atoms with Crippen LogP contribution in [0.1, 0.15) is 25.7 Å². The molecule has 5 nitrogen and oxygen atoms in total. The third-order valence-corrected chi connectivity index (χ3v) is 5.27. The van der Waals surface area contributed by atoms with E-state index in [2.05, 4.69) is 35.3 Å². The fourth-order valence-electron chi connectivity index (χ4n) is 3.71. The van der Waals surface area contributed by atoms with Crippen molar-refractivity contribution < 1.29 is 0 Å². The van der Waals surface area contributed by atoms with Crippen molar-refractivity contribution in [3.63, 3.8) is 0 Å². The lowest BCUT2D eigenvalue weighted by Gasteiger charge is -2.26. The van der Waals surface area contributed by atoms with Crippen LogP contribution in [-0.4, -0.2) is 54.6 Å². The summed E-state index contributed by atoms with van der Waals surface area (Å²) in [4.78, 5) is 14.5. The minimum Gasteiger partial charge on any atom is -0.365 e. The molecule has 24 heavy (non-hydrogen) atoms. The van der Waals surface area contributed by atoms with Crippen LogP contribution < -0.4 is 10.2 Å². The van der Waals surface area contributed by atoms with Crippen molar-refractivity contribution in [2.45, 2.75) is 31.7 Å². The van der Waals surface area contributed by atoms with E-state index in [1.807, 2.05) is 18.2 Å². The topological polar surface area (TPSA) is 44.3 Å². The van der Waals surface area contributed by atoms with Crippen molar-refractivity contribution in [2.75, 3.05) is 43.9 Å². The lowest BCUT2D eigenvalue weighted by atomic mass is 10.1. The minimum atomic E-state index is 0.574. The zero-order valence-electron chi connectivity index (χ0n) is 14.7. The third-order valence-electron chi connectivity index (χ3n) is 5.27. The van der Waals surface area contributed by atoms with Crippen LogP contribution in [0, 0.1) is 5.92 Å². The molecule has 1 N–H and O–H groups in total. The van der Waals surface area contributed by atoms with Crippen molar-refractivity contribution in [1.82, 2.24) is 14.9 Å². The van der Waals surface area contributed by atoms with Gasteiger partial charge in [-0.2, -0.15) is 0 Å². The number of hydrogen-bond donors (Lipinski definition) is 1. The van der Waals surface area contributed by atoms with Crippen molar-refractivity contribution in [2.24, 2.45) is 5.92 Å². The summed E-state index contributed by atoms with van der Waals surface area (Å²) in [6.07, 6.45) is 5.20. The van der Waals surface area contributed by atoms with E-state index in [9.17, 15) is 0 Å². The molecule has 1 saturated heterocycles. The summed E-state index contributed by atoms with van der Waals surface area (Å²) >= 11 is 0. The molecule has 0 bridgehead atoms. The number of likely N-dealkylation sites (N-methyl/N-ethyl adjacent to an activating group) is 1. The number of para-hydroxylation sites is 2. The number of anilines is 2. The maximum atomic E-state index is 4.93. The molecule has 2 fully saturated rings. The molecule has 1 saturated carbocycles. The van der Waals surface area contributed by atoms with Gasteiger partial charge in [0.2, 0.25) is 0 Å². The van der Waals surface area contributed by atoms with Crippen molar-refractivity contribution >= 4 is 22.7 Å². The van der Waals surface area contributed by atoms with Crippen LogP contribution in [0.2, 0.25) is 0 Å². The zero-order chi connectivity index (χ0) is 16.5. The molecular weight excluding hydrogens is 298 g/mol. The summed E-state index contributed by atoms with van der Waals surface area (Å²) in [5, 5.41) is 3.63. The Hall–Kier alpha value is -1.88. The van der Waals surface area contributed by atoms with Crippen LogP contribution in [0.3, 0.4) is 0 Å². The highest BCUT2D eigenvalue weighted by atomic mass is 15.2. The molecule has 128 valence electrons. The van der Waals surface area contributed by atoms with Crippen LogP contribution in [0.15, 0.2) is 24.3 Å². The predicted octanol–water partition coefficient (Wildman–Crippen LogP) is 2.98. The summed E-state index contributed by atoms with van der Waals surface area (Å²) in [5.41, 5.74) is 1.95. The van der Waals surface area contributed by atoms with Crippen molar-refractivity contribution in [3.05, 3.63) is 24.3 Å². The second-order valence-corrected chi connectivity index (χ2v) is 7.33. The lowest BCUT2D eigenvalue weighted by molar-refractivity contribution is 0.276. The van der Waals surface area contributed by atoms with E-state index in [1.165, 1.54) is 25.7 Å². The standard InChI is InChI=1S/C19H27N5/c1-23(2)17(14-9-10-14)13-20-18-19(24-11-5-6-12-24)22-16-8-4-3-7-15(16)21-18/h3-4,7-8,14,17H,5-6,9-13H2,1-2H3,(H,20,21). The molecule has 0 amide bonds. The van der Waals surface area contributed by atoms with E-state index in [0.717, 1.165) is 48.2 Å². The largest absolute Gasteiger partial charge is 0.365 e. The lowest BCUT2D eigenvalue weighted by Crippen LogP contribution is -2.36. The molecule has 2 aliphatic rings. The number of rotatable bonds is 6. The van der Waals surface area contributed by atoms with Gasteiger partial charge in [-0.3, -0.25) is 0 Å². The predicted molar refractivity (Wildman–Crippen MR) is 99.7 cm³/mol. The second-order valence-electron chi connectivity index (χ2n) is 7.33. The van der Waals surface area contributed by atoms with Gasteiger partial charge < -0.3 is 15.1 Å². The molecule has 1 aliphatic heterocycles. The average molecular weight is 325 g/mol. The fraction of sp³-hybridized carbons (Fsp3) is 0.579. The highest BCUT2D eigenvalue weighted by Gasteiger charge is 2.32. The smallest absolute Gasteiger partial charge is 0.172 e. The van der Waals surface area contributed by atoms with Gasteiger partial charge in [0.25, 0.3) is 0 Å². The summed E-state index contributed by atoms with van der Waals surface area (Å²) in [6.45, 7) is 3.11. The zero-order valence-corrected chi connectivity index (χ0v) is 14.7. The summed E-state index contributed by atoms with van der Waals surface area (Å²) in [7, 11) is 4.36. The van der Waals surface area contributed by atoms with Gasteiger partial charge in [0.15, 0.2) is 11.6 Å². The van der Waals surface area contributed by atoms with Gasteiger partial charge in [0, 0.05) is 25.7 Å². The van der Waals surface area contributed by atoms with Gasteiger partial charge in [0.05, 0.1) is 11.0 Å². The Labute approximate surface area is 144 Å². The summed E-state index contributed by atoms with van der Waals surface area (Å²) < 4.78 is 0. The fourth-order valence-corrected chi connectivity index (χ4v) is 3.71. The molecule has 1 unspecified atom stereocenters. The molecule has 1 aliphatic carbocycles. The number of fused-ring (bicyclic) bond motifs is 1. The first-order valence-corrected chi connectivity index (χ1v) is 9.14. The Balaban J connectivity index is 1.62. The number of hydrogen-bond acceptors (Lipinski definition) is 5. The Kier molecular flexibility index (Phi) is 4.27. The molecule has 1 aromatic carbocycles. The Morgan fingerprint density at radius 1 is 1.12 bits per heavy atom. The molecule has 2 heterocycles. The second kappa shape index (κ2) is 6.55. The van der Waals surface area contributed by atoms with Gasteiger partial charge in [-0.1, -0.05) is 12.1 Å². The van der Waals surface area contributed by atoms with E-state index in [1.54, 1.807) is 0 Å². The maximum absolute atomic E-state index is 4.93. The van der Waals surface area contributed by atoms with E-state index in [-0.39, 0.29) is 0 Å². The van der Waals surface area contributed by atoms with Crippen molar-refractivity contribution in [1.29, 1.82) is 0 Å². The van der Waals surface area contributed by atoms with Gasteiger partial charge in [-0.05, 0) is 57.8 Å².